The number of hydrazine groups is 1. The van der Waals surface area contributed by atoms with Gasteiger partial charge in [0.25, 0.3) is 0 Å². The van der Waals surface area contributed by atoms with E-state index in [1.807, 2.05) is 31.2 Å². The van der Waals surface area contributed by atoms with E-state index in [9.17, 15) is 9.59 Å². The zero-order valence-corrected chi connectivity index (χ0v) is 19.5. The van der Waals surface area contributed by atoms with Crippen molar-refractivity contribution in [2.75, 3.05) is 16.9 Å². The van der Waals surface area contributed by atoms with Crippen LogP contribution in [0.3, 0.4) is 0 Å². The molecule has 0 unspecified atom stereocenters. The van der Waals surface area contributed by atoms with Gasteiger partial charge in [-0.25, -0.2) is 0 Å². The van der Waals surface area contributed by atoms with Crippen LogP contribution in [0.4, 0.5) is 11.4 Å². The van der Waals surface area contributed by atoms with Crippen LogP contribution in [0, 0.1) is 12.8 Å². The third kappa shape index (κ3) is 5.59. The minimum atomic E-state index is -0.437. The molecular formula is C25H23Cl2N3O3. The van der Waals surface area contributed by atoms with Gasteiger partial charge in [0, 0.05) is 40.3 Å². The molecule has 33 heavy (non-hydrogen) atoms. The second-order valence-corrected chi connectivity index (χ2v) is 8.69. The largest absolute Gasteiger partial charge is 0.489 e. The van der Waals surface area contributed by atoms with Gasteiger partial charge < -0.3 is 9.64 Å². The summed E-state index contributed by atoms with van der Waals surface area (Å²) in [6.45, 7) is 2.55. The molecule has 0 radical (unpaired) electrons. The third-order valence-electron chi connectivity index (χ3n) is 5.45. The molecule has 1 saturated heterocycles. The Kier molecular flexibility index (Phi) is 7.06. The van der Waals surface area contributed by atoms with Crippen molar-refractivity contribution < 1.29 is 14.3 Å². The number of hydrogen-bond donors (Lipinski definition) is 2. The standard InChI is InChI=1S/C25H23Cl2N3O3/c1-16-8-10-19(11-9-16)30-14-17(12-24(30)31)25(32)29-28-18-4-2-5-20(13-18)33-15-21-22(26)6-3-7-23(21)27/h2-11,13,17,28H,12,14-15H2,1H3,(H,29,32)/t17-/m1/s1. The Bertz CT molecular complexity index is 1150. The van der Waals surface area contributed by atoms with Crippen molar-refractivity contribution in [2.24, 2.45) is 5.92 Å². The van der Waals surface area contributed by atoms with Gasteiger partial charge in [-0.15, -0.1) is 0 Å². The lowest BCUT2D eigenvalue weighted by Gasteiger charge is -2.17. The van der Waals surface area contributed by atoms with Gasteiger partial charge in [-0.05, 0) is 43.3 Å². The first-order valence-electron chi connectivity index (χ1n) is 10.5. The first-order valence-corrected chi connectivity index (χ1v) is 11.2. The Morgan fingerprint density at radius 3 is 2.48 bits per heavy atom. The minimum Gasteiger partial charge on any atom is -0.489 e. The third-order valence-corrected chi connectivity index (χ3v) is 6.16. The van der Waals surface area contributed by atoms with E-state index in [1.165, 1.54) is 0 Å². The predicted octanol–water partition coefficient (Wildman–Crippen LogP) is 5.38. The van der Waals surface area contributed by atoms with Crippen LogP contribution < -0.4 is 20.5 Å². The molecule has 2 amide bonds. The van der Waals surface area contributed by atoms with Crippen LogP contribution in [-0.2, 0) is 16.2 Å². The highest BCUT2D eigenvalue weighted by atomic mass is 35.5. The van der Waals surface area contributed by atoms with E-state index in [2.05, 4.69) is 10.9 Å². The number of anilines is 2. The number of hydrogen-bond acceptors (Lipinski definition) is 4. The molecule has 0 aliphatic carbocycles. The lowest BCUT2D eigenvalue weighted by atomic mass is 10.1. The van der Waals surface area contributed by atoms with E-state index in [-0.39, 0.29) is 24.8 Å². The van der Waals surface area contributed by atoms with Crippen molar-refractivity contribution in [2.45, 2.75) is 20.0 Å². The van der Waals surface area contributed by atoms with E-state index in [1.54, 1.807) is 47.4 Å². The summed E-state index contributed by atoms with van der Waals surface area (Å²) in [7, 11) is 0. The molecule has 3 aromatic rings. The van der Waals surface area contributed by atoms with E-state index >= 15 is 0 Å². The SMILES string of the molecule is Cc1ccc(N2C[C@H](C(=O)NNc3cccc(OCc4c(Cl)cccc4Cl)c3)CC2=O)cc1. The molecule has 1 heterocycles. The number of benzene rings is 3. The smallest absolute Gasteiger partial charge is 0.243 e. The quantitative estimate of drug-likeness (QED) is 0.442. The summed E-state index contributed by atoms with van der Waals surface area (Å²) >= 11 is 12.4. The van der Waals surface area contributed by atoms with Gasteiger partial charge in [0.05, 0.1) is 11.6 Å². The second-order valence-electron chi connectivity index (χ2n) is 7.87. The molecule has 8 heteroatoms. The summed E-state index contributed by atoms with van der Waals surface area (Å²) in [5.41, 5.74) is 8.86. The number of nitrogens with zero attached hydrogens (tertiary/aromatic N) is 1. The zero-order valence-electron chi connectivity index (χ0n) is 18.0. The van der Waals surface area contributed by atoms with Gasteiger partial charge in [-0.3, -0.25) is 20.4 Å². The Morgan fingerprint density at radius 2 is 1.76 bits per heavy atom. The Balaban J connectivity index is 1.32. The number of rotatable bonds is 7. The van der Waals surface area contributed by atoms with Crippen molar-refractivity contribution in [1.82, 2.24) is 5.43 Å². The van der Waals surface area contributed by atoms with E-state index in [0.717, 1.165) is 11.3 Å². The number of halogens is 2. The maximum Gasteiger partial charge on any atom is 0.243 e. The van der Waals surface area contributed by atoms with Gasteiger partial charge in [0.2, 0.25) is 11.8 Å². The van der Waals surface area contributed by atoms with Crippen LogP contribution in [0.2, 0.25) is 10.0 Å². The average Bonchev–Trinajstić information content (AvgIpc) is 3.19. The van der Waals surface area contributed by atoms with E-state index < -0.39 is 5.92 Å². The van der Waals surface area contributed by atoms with Crippen molar-refractivity contribution in [1.29, 1.82) is 0 Å². The van der Waals surface area contributed by atoms with Gasteiger partial charge in [0.1, 0.15) is 12.4 Å². The molecule has 3 aromatic carbocycles. The Morgan fingerprint density at radius 1 is 1.06 bits per heavy atom. The molecule has 1 atom stereocenters. The highest BCUT2D eigenvalue weighted by Gasteiger charge is 2.35. The maximum atomic E-state index is 12.7. The van der Waals surface area contributed by atoms with Gasteiger partial charge in [-0.1, -0.05) is 53.0 Å². The molecule has 0 bridgehead atoms. The number of amides is 2. The molecule has 0 saturated carbocycles. The molecule has 1 aliphatic heterocycles. The normalized spacial score (nSPS) is 15.4. The summed E-state index contributed by atoms with van der Waals surface area (Å²) in [6, 6.07) is 20.1. The lowest BCUT2D eigenvalue weighted by molar-refractivity contribution is -0.125. The second kappa shape index (κ2) is 10.1. The van der Waals surface area contributed by atoms with Crippen LogP contribution in [0.25, 0.3) is 0 Å². The van der Waals surface area contributed by atoms with Crippen LogP contribution in [0.5, 0.6) is 5.75 Å². The van der Waals surface area contributed by atoms with Crippen molar-refractivity contribution in [3.8, 4) is 5.75 Å². The number of aryl methyl sites for hydroxylation is 1. The van der Waals surface area contributed by atoms with Gasteiger partial charge in [0.15, 0.2) is 0 Å². The molecule has 1 fully saturated rings. The van der Waals surface area contributed by atoms with Crippen LogP contribution in [0.15, 0.2) is 66.7 Å². The number of carbonyl (C=O) groups is 2. The topological polar surface area (TPSA) is 70.7 Å². The highest BCUT2D eigenvalue weighted by Crippen LogP contribution is 2.27. The fourth-order valence-electron chi connectivity index (χ4n) is 3.58. The van der Waals surface area contributed by atoms with Crippen LogP contribution in [0.1, 0.15) is 17.5 Å². The van der Waals surface area contributed by atoms with E-state index in [0.29, 0.717) is 33.6 Å². The van der Waals surface area contributed by atoms with Gasteiger partial charge >= 0.3 is 0 Å². The molecule has 0 aromatic heterocycles. The zero-order chi connectivity index (χ0) is 23.4. The maximum absolute atomic E-state index is 12.7. The Labute approximate surface area is 202 Å². The molecular weight excluding hydrogens is 461 g/mol. The number of carbonyl (C=O) groups excluding carboxylic acids is 2. The van der Waals surface area contributed by atoms with Crippen LogP contribution in [-0.4, -0.2) is 18.4 Å². The van der Waals surface area contributed by atoms with Crippen molar-refractivity contribution in [3.05, 3.63) is 87.9 Å². The Hall–Kier alpha value is -3.22. The van der Waals surface area contributed by atoms with Crippen molar-refractivity contribution >= 4 is 46.4 Å². The first-order chi connectivity index (χ1) is 15.9. The fourth-order valence-corrected chi connectivity index (χ4v) is 4.09. The van der Waals surface area contributed by atoms with Crippen molar-refractivity contribution in [3.63, 3.8) is 0 Å². The number of ether oxygens (including phenoxy) is 1. The summed E-state index contributed by atoms with van der Waals surface area (Å²) in [4.78, 5) is 26.7. The minimum absolute atomic E-state index is 0.0624. The van der Waals surface area contributed by atoms with Gasteiger partial charge in [-0.2, -0.15) is 0 Å². The summed E-state index contributed by atoms with van der Waals surface area (Å²) in [6.07, 6.45) is 0.170. The predicted molar refractivity (Wildman–Crippen MR) is 131 cm³/mol. The molecule has 4 rings (SSSR count). The lowest BCUT2D eigenvalue weighted by Crippen LogP contribution is -2.36. The molecule has 170 valence electrons. The number of nitrogens with one attached hydrogen (secondary N) is 2. The highest BCUT2D eigenvalue weighted by molar-refractivity contribution is 6.35. The average molecular weight is 484 g/mol. The fraction of sp³-hybridized carbons (Fsp3) is 0.200. The first kappa shape index (κ1) is 23.0. The van der Waals surface area contributed by atoms with E-state index in [4.69, 9.17) is 27.9 Å². The summed E-state index contributed by atoms with van der Waals surface area (Å²) < 4.78 is 5.81. The molecule has 1 aliphatic rings. The summed E-state index contributed by atoms with van der Waals surface area (Å²) in [5.74, 6) is -0.153. The summed E-state index contributed by atoms with van der Waals surface area (Å²) in [5, 5.41) is 1.07. The molecule has 6 nitrogen and oxygen atoms in total. The van der Waals surface area contributed by atoms with Crippen LogP contribution >= 0.6 is 23.2 Å². The molecule has 0 spiro atoms. The molecule has 2 N–H and O–H groups in total. The monoisotopic (exact) mass is 483 g/mol.